The SMILES string of the molecule is O=C(NNC(=O)c1ccccc1NC(=O)c1ccco1)c1ccc(Br)cc1. The van der Waals surface area contributed by atoms with Gasteiger partial charge in [-0.25, -0.2) is 0 Å². The van der Waals surface area contributed by atoms with E-state index in [1.165, 1.54) is 18.4 Å². The van der Waals surface area contributed by atoms with Crippen molar-refractivity contribution in [3.63, 3.8) is 0 Å². The van der Waals surface area contributed by atoms with Crippen molar-refractivity contribution in [1.82, 2.24) is 10.9 Å². The Kier molecular flexibility index (Phi) is 5.68. The summed E-state index contributed by atoms with van der Waals surface area (Å²) in [5.41, 5.74) is 5.54. The van der Waals surface area contributed by atoms with Gasteiger partial charge in [0.15, 0.2) is 5.76 Å². The summed E-state index contributed by atoms with van der Waals surface area (Å²) in [6.07, 6.45) is 1.38. The number of anilines is 1. The van der Waals surface area contributed by atoms with Crippen molar-refractivity contribution in [2.45, 2.75) is 0 Å². The molecule has 0 atom stereocenters. The fourth-order valence-electron chi connectivity index (χ4n) is 2.24. The molecule has 0 saturated carbocycles. The number of halogens is 1. The summed E-state index contributed by atoms with van der Waals surface area (Å²) in [7, 11) is 0. The van der Waals surface area contributed by atoms with Gasteiger partial charge in [0, 0.05) is 10.0 Å². The van der Waals surface area contributed by atoms with Crippen LogP contribution in [0.15, 0.2) is 75.8 Å². The summed E-state index contributed by atoms with van der Waals surface area (Å²) >= 11 is 3.29. The molecule has 0 fully saturated rings. The second-order valence-electron chi connectivity index (χ2n) is 5.39. The van der Waals surface area contributed by atoms with Gasteiger partial charge in [0.05, 0.1) is 17.5 Å². The first-order valence-electron chi connectivity index (χ1n) is 7.85. The van der Waals surface area contributed by atoms with Crippen LogP contribution in [0.2, 0.25) is 0 Å². The van der Waals surface area contributed by atoms with Crippen LogP contribution in [0.1, 0.15) is 31.3 Å². The first kappa shape index (κ1) is 18.4. The maximum absolute atomic E-state index is 12.4. The second kappa shape index (κ2) is 8.33. The third-order valence-corrected chi connectivity index (χ3v) is 4.09. The van der Waals surface area contributed by atoms with Gasteiger partial charge in [-0.2, -0.15) is 0 Å². The minimum absolute atomic E-state index is 0.119. The Labute approximate surface area is 162 Å². The molecule has 1 aromatic heterocycles. The number of amides is 3. The van der Waals surface area contributed by atoms with Crippen LogP contribution < -0.4 is 16.2 Å². The van der Waals surface area contributed by atoms with E-state index >= 15 is 0 Å². The summed E-state index contributed by atoms with van der Waals surface area (Å²) < 4.78 is 5.87. The number of carbonyl (C=O) groups is 3. The molecule has 7 nitrogen and oxygen atoms in total. The molecular weight excluding hydrogens is 414 g/mol. The van der Waals surface area contributed by atoms with Crippen molar-refractivity contribution in [1.29, 1.82) is 0 Å². The number of nitrogens with one attached hydrogen (secondary N) is 3. The smallest absolute Gasteiger partial charge is 0.291 e. The quantitative estimate of drug-likeness (QED) is 0.555. The first-order valence-corrected chi connectivity index (χ1v) is 8.64. The monoisotopic (exact) mass is 427 g/mol. The standard InChI is InChI=1S/C19H14BrN3O4/c20-13-9-7-12(8-10-13)17(24)22-23-18(25)14-4-1-2-5-15(14)21-19(26)16-6-3-11-27-16/h1-11H,(H,21,26)(H,22,24)(H,23,25). The van der Waals surface area contributed by atoms with Gasteiger partial charge in [-0.05, 0) is 48.5 Å². The fourth-order valence-corrected chi connectivity index (χ4v) is 2.50. The van der Waals surface area contributed by atoms with Crippen molar-refractivity contribution < 1.29 is 18.8 Å². The Hall–Kier alpha value is -3.39. The van der Waals surface area contributed by atoms with Crippen molar-refractivity contribution in [3.05, 3.63) is 88.3 Å². The normalized spacial score (nSPS) is 10.1. The largest absolute Gasteiger partial charge is 0.459 e. The van der Waals surface area contributed by atoms with Crippen LogP contribution in [0.3, 0.4) is 0 Å². The molecule has 136 valence electrons. The maximum Gasteiger partial charge on any atom is 0.291 e. The van der Waals surface area contributed by atoms with Gasteiger partial charge < -0.3 is 9.73 Å². The topological polar surface area (TPSA) is 100 Å². The Bertz CT molecular complexity index is 969. The number of carbonyl (C=O) groups excluding carboxylic acids is 3. The highest BCUT2D eigenvalue weighted by atomic mass is 79.9. The molecule has 27 heavy (non-hydrogen) atoms. The maximum atomic E-state index is 12.4. The molecule has 8 heteroatoms. The number of benzene rings is 2. The van der Waals surface area contributed by atoms with Crippen LogP contribution in [0.4, 0.5) is 5.69 Å². The van der Waals surface area contributed by atoms with E-state index in [0.717, 1.165) is 4.47 Å². The number of furan rings is 1. The van der Waals surface area contributed by atoms with Crippen molar-refractivity contribution in [3.8, 4) is 0 Å². The highest BCUT2D eigenvalue weighted by molar-refractivity contribution is 9.10. The average Bonchev–Trinajstić information content (AvgIpc) is 3.22. The van der Waals surface area contributed by atoms with Crippen molar-refractivity contribution in [2.75, 3.05) is 5.32 Å². The number of hydrogen-bond donors (Lipinski definition) is 3. The van der Waals surface area contributed by atoms with Gasteiger partial charge in [-0.1, -0.05) is 28.1 Å². The zero-order chi connectivity index (χ0) is 19.2. The van der Waals surface area contributed by atoms with E-state index in [1.54, 1.807) is 48.5 Å². The van der Waals surface area contributed by atoms with Gasteiger partial charge in [0.25, 0.3) is 17.7 Å². The van der Waals surface area contributed by atoms with Crippen LogP contribution in [-0.2, 0) is 0 Å². The van der Waals surface area contributed by atoms with E-state index in [1.807, 2.05) is 0 Å². The molecule has 3 rings (SSSR count). The van der Waals surface area contributed by atoms with E-state index in [0.29, 0.717) is 5.56 Å². The molecule has 0 aliphatic heterocycles. The van der Waals surface area contributed by atoms with Gasteiger partial charge in [-0.3, -0.25) is 25.2 Å². The Morgan fingerprint density at radius 3 is 2.19 bits per heavy atom. The lowest BCUT2D eigenvalue weighted by Crippen LogP contribution is -2.41. The van der Waals surface area contributed by atoms with E-state index in [4.69, 9.17) is 4.42 Å². The Balaban J connectivity index is 1.67. The Morgan fingerprint density at radius 1 is 0.778 bits per heavy atom. The van der Waals surface area contributed by atoms with Crippen LogP contribution in [-0.4, -0.2) is 17.7 Å². The zero-order valence-corrected chi connectivity index (χ0v) is 15.4. The summed E-state index contributed by atoms with van der Waals surface area (Å²) in [5, 5.41) is 2.61. The fraction of sp³-hybridized carbons (Fsp3) is 0. The van der Waals surface area contributed by atoms with Crippen LogP contribution >= 0.6 is 15.9 Å². The molecule has 0 spiro atoms. The van der Waals surface area contributed by atoms with Gasteiger partial charge in [0.2, 0.25) is 0 Å². The number of para-hydroxylation sites is 1. The zero-order valence-electron chi connectivity index (χ0n) is 13.9. The minimum atomic E-state index is -0.573. The Morgan fingerprint density at radius 2 is 1.48 bits per heavy atom. The van der Waals surface area contributed by atoms with E-state index in [2.05, 4.69) is 32.1 Å². The van der Waals surface area contributed by atoms with E-state index in [9.17, 15) is 14.4 Å². The first-order chi connectivity index (χ1) is 13.0. The molecule has 2 aromatic carbocycles. The molecule has 0 aliphatic rings. The molecule has 3 aromatic rings. The summed E-state index contributed by atoms with van der Waals surface area (Å²) in [6, 6.07) is 16.2. The molecule has 0 unspecified atom stereocenters. The predicted molar refractivity (Wildman–Crippen MR) is 102 cm³/mol. The molecule has 3 N–H and O–H groups in total. The molecule has 0 bridgehead atoms. The minimum Gasteiger partial charge on any atom is -0.459 e. The lowest BCUT2D eigenvalue weighted by molar-refractivity contribution is 0.0847. The van der Waals surface area contributed by atoms with Crippen LogP contribution in [0, 0.1) is 0 Å². The van der Waals surface area contributed by atoms with Crippen LogP contribution in [0.25, 0.3) is 0 Å². The van der Waals surface area contributed by atoms with Crippen LogP contribution in [0.5, 0.6) is 0 Å². The number of hydrogen-bond acceptors (Lipinski definition) is 4. The molecule has 0 aliphatic carbocycles. The molecule has 3 amide bonds. The summed E-state index contributed by atoms with van der Waals surface area (Å²) in [5.74, 6) is -1.41. The third kappa shape index (κ3) is 4.62. The molecular formula is C19H14BrN3O4. The van der Waals surface area contributed by atoms with Gasteiger partial charge in [0.1, 0.15) is 0 Å². The number of rotatable bonds is 4. The molecule has 0 saturated heterocycles. The van der Waals surface area contributed by atoms with Gasteiger partial charge >= 0.3 is 0 Å². The molecule has 0 radical (unpaired) electrons. The third-order valence-electron chi connectivity index (χ3n) is 3.56. The highest BCUT2D eigenvalue weighted by Gasteiger charge is 2.16. The molecule has 1 heterocycles. The summed E-state index contributed by atoms with van der Waals surface area (Å²) in [4.78, 5) is 36.6. The van der Waals surface area contributed by atoms with E-state index < -0.39 is 17.7 Å². The van der Waals surface area contributed by atoms with Gasteiger partial charge in [-0.15, -0.1) is 0 Å². The lowest BCUT2D eigenvalue weighted by atomic mass is 10.1. The summed E-state index contributed by atoms with van der Waals surface area (Å²) in [6.45, 7) is 0. The van der Waals surface area contributed by atoms with E-state index in [-0.39, 0.29) is 17.0 Å². The number of hydrazine groups is 1. The van der Waals surface area contributed by atoms with Crippen molar-refractivity contribution >= 4 is 39.3 Å². The highest BCUT2D eigenvalue weighted by Crippen LogP contribution is 2.16. The second-order valence-corrected chi connectivity index (χ2v) is 6.31. The lowest BCUT2D eigenvalue weighted by Gasteiger charge is -2.11. The average molecular weight is 428 g/mol. The predicted octanol–water partition coefficient (Wildman–Crippen LogP) is 3.37. The van der Waals surface area contributed by atoms with Crippen molar-refractivity contribution in [2.24, 2.45) is 0 Å².